The van der Waals surface area contributed by atoms with Crippen LogP contribution in [0, 0.1) is 0 Å². The largest absolute Gasteiger partial charge is 0.314 e. The average Bonchev–Trinajstić information content (AvgIpc) is 3.10. The monoisotopic (exact) mass is 488 g/mol. The van der Waals surface area contributed by atoms with Crippen LogP contribution in [0.2, 0.25) is 15.1 Å². The number of halogens is 3. The molecule has 0 radical (unpaired) electrons. The lowest BCUT2D eigenvalue weighted by atomic mass is 10.1. The number of hydrogen-bond acceptors (Lipinski definition) is 4. The van der Waals surface area contributed by atoms with Gasteiger partial charge in [0.1, 0.15) is 0 Å². The number of carbonyl (C=O) groups excluding carboxylic acids is 1. The number of aliphatic imine (C=N–C) groups is 1. The van der Waals surface area contributed by atoms with E-state index in [-0.39, 0.29) is 35.1 Å². The summed E-state index contributed by atoms with van der Waals surface area (Å²) in [5.41, 5.74) is 1.34. The van der Waals surface area contributed by atoms with E-state index in [1.54, 1.807) is 47.4 Å². The van der Waals surface area contributed by atoms with Gasteiger partial charge in [-0.1, -0.05) is 64.8 Å². The number of benzene rings is 2. The Kier molecular flexibility index (Phi) is 5.88. The van der Waals surface area contributed by atoms with Crippen molar-refractivity contribution in [1.82, 2.24) is 0 Å². The Bertz CT molecular complexity index is 1100. The van der Waals surface area contributed by atoms with Gasteiger partial charge >= 0.3 is 0 Å². The number of amides is 1. The molecule has 1 amide bonds. The molecule has 4 rings (SSSR count). The van der Waals surface area contributed by atoms with Crippen molar-refractivity contribution < 1.29 is 13.2 Å². The molecule has 10 heteroatoms. The van der Waals surface area contributed by atoms with Crippen LogP contribution in [0.3, 0.4) is 0 Å². The molecule has 0 aromatic heterocycles. The maximum absolute atomic E-state index is 12.6. The van der Waals surface area contributed by atoms with Gasteiger partial charge in [-0.2, -0.15) is 4.99 Å². The third-order valence-corrected chi connectivity index (χ3v) is 9.02. The van der Waals surface area contributed by atoms with Crippen LogP contribution in [0.4, 0.5) is 5.69 Å². The second kappa shape index (κ2) is 8.12. The van der Waals surface area contributed by atoms with Crippen molar-refractivity contribution in [2.45, 2.75) is 17.7 Å². The van der Waals surface area contributed by atoms with E-state index in [0.29, 0.717) is 25.9 Å². The molecule has 0 N–H and O–H groups in total. The molecule has 29 heavy (non-hydrogen) atoms. The van der Waals surface area contributed by atoms with E-state index in [4.69, 9.17) is 34.8 Å². The number of anilines is 1. The molecule has 0 aliphatic carbocycles. The minimum atomic E-state index is -3.16. The van der Waals surface area contributed by atoms with Gasteiger partial charge in [0.2, 0.25) is 0 Å². The summed E-state index contributed by atoms with van der Waals surface area (Å²) in [5, 5.41) is 1.48. The maximum Gasteiger partial charge on any atom is 0.252 e. The summed E-state index contributed by atoms with van der Waals surface area (Å²) in [7, 11) is -3.16. The van der Waals surface area contributed by atoms with Gasteiger partial charge in [-0.25, -0.2) is 8.42 Å². The highest BCUT2D eigenvalue weighted by atomic mass is 35.5. The van der Waals surface area contributed by atoms with Crippen molar-refractivity contribution >= 4 is 73.2 Å². The van der Waals surface area contributed by atoms with Crippen LogP contribution < -0.4 is 4.90 Å². The van der Waals surface area contributed by atoms with E-state index in [0.717, 1.165) is 5.56 Å². The molecule has 0 saturated carbocycles. The smallest absolute Gasteiger partial charge is 0.252 e. The Hall–Kier alpha value is -1.25. The van der Waals surface area contributed by atoms with Crippen molar-refractivity contribution in [3.05, 3.63) is 63.1 Å². The molecule has 2 aromatic carbocycles. The highest BCUT2D eigenvalue weighted by Crippen LogP contribution is 2.44. The van der Waals surface area contributed by atoms with Gasteiger partial charge in [-0.05, 0) is 29.8 Å². The summed E-state index contributed by atoms with van der Waals surface area (Å²) in [6, 6.07) is 11.8. The quantitative estimate of drug-likeness (QED) is 0.635. The van der Waals surface area contributed by atoms with Gasteiger partial charge < -0.3 is 4.90 Å². The van der Waals surface area contributed by atoms with Crippen LogP contribution in [-0.2, 0) is 21.1 Å². The molecule has 0 unspecified atom stereocenters. The Morgan fingerprint density at radius 2 is 1.83 bits per heavy atom. The molecule has 0 bridgehead atoms. The minimum Gasteiger partial charge on any atom is -0.314 e. The first-order valence-corrected chi connectivity index (χ1v) is 12.5. The van der Waals surface area contributed by atoms with Crippen molar-refractivity contribution in [3.8, 4) is 0 Å². The SMILES string of the molecule is O=C(Cc1ccc(Cl)cc1)N=C1S[C@@H]2CS(=O)(=O)C[C@@H]2N1c1cccc(Cl)c1Cl. The van der Waals surface area contributed by atoms with Crippen molar-refractivity contribution in [1.29, 1.82) is 0 Å². The molecule has 2 fully saturated rings. The van der Waals surface area contributed by atoms with Gasteiger partial charge in [0, 0.05) is 10.3 Å². The molecule has 2 saturated heterocycles. The van der Waals surface area contributed by atoms with Crippen LogP contribution in [0.15, 0.2) is 47.5 Å². The Labute approximate surface area is 188 Å². The molecule has 2 atom stereocenters. The molecular formula is C19H15Cl3N2O3S2. The molecule has 2 heterocycles. The zero-order valence-electron chi connectivity index (χ0n) is 14.9. The number of sulfone groups is 1. The van der Waals surface area contributed by atoms with E-state index < -0.39 is 9.84 Å². The predicted octanol–water partition coefficient (Wildman–Crippen LogP) is 4.49. The molecule has 5 nitrogen and oxygen atoms in total. The van der Waals surface area contributed by atoms with Crippen molar-refractivity contribution in [2.24, 2.45) is 4.99 Å². The highest BCUT2D eigenvalue weighted by molar-refractivity contribution is 8.16. The van der Waals surface area contributed by atoms with Crippen LogP contribution in [-0.4, -0.2) is 42.3 Å². The maximum atomic E-state index is 12.6. The number of rotatable bonds is 3. The third kappa shape index (κ3) is 4.44. The summed E-state index contributed by atoms with van der Waals surface area (Å²) in [4.78, 5) is 18.6. The minimum absolute atomic E-state index is 0.0160. The summed E-state index contributed by atoms with van der Waals surface area (Å²) in [5.74, 6) is -0.305. The van der Waals surface area contributed by atoms with Crippen LogP contribution in [0.1, 0.15) is 5.56 Å². The van der Waals surface area contributed by atoms with Gasteiger partial charge in [0.05, 0.1) is 39.7 Å². The number of nitrogens with zero attached hydrogens (tertiary/aromatic N) is 2. The lowest BCUT2D eigenvalue weighted by molar-refractivity contribution is -0.117. The summed E-state index contributed by atoms with van der Waals surface area (Å²) >= 11 is 19.7. The van der Waals surface area contributed by atoms with Gasteiger partial charge in [-0.15, -0.1) is 0 Å². The molecule has 0 spiro atoms. The molecule has 2 aliphatic heterocycles. The first kappa shape index (κ1) is 21.0. The Morgan fingerprint density at radius 1 is 1.10 bits per heavy atom. The molecule has 2 aliphatic rings. The highest BCUT2D eigenvalue weighted by Gasteiger charge is 2.49. The van der Waals surface area contributed by atoms with E-state index in [1.165, 1.54) is 11.8 Å². The second-order valence-electron chi connectivity index (χ2n) is 6.83. The second-order valence-corrected chi connectivity index (χ2v) is 11.4. The number of carbonyl (C=O) groups is 1. The number of fused-ring (bicyclic) bond motifs is 1. The van der Waals surface area contributed by atoms with Crippen molar-refractivity contribution in [2.75, 3.05) is 16.4 Å². The molecule has 152 valence electrons. The van der Waals surface area contributed by atoms with E-state index in [2.05, 4.69) is 4.99 Å². The first-order valence-electron chi connectivity index (χ1n) is 8.70. The van der Waals surface area contributed by atoms with E-state index >= 15 is 0 Å². The zero-order valence-corrected chi connectivity index (χ0v) is 18.8. The van der Waals surface area contributed by atoms with Gasteiger partial charge in [0.25, 0.3) is 5.91 Å². The normalized spacial score (nSPS) is 24.1. The van der Waals surface area contributed by atoms with Crippen LogP contribution in [0.5, 0.6) is 0 Å². The summed E-state index contributed by atoms with van der Waals surface area (Å²) < 4.78 is 24.3. The van der Waals surface area contributed by atoms with E-state index in [1.807, 2.05) is 0 Å². The van der Waals surface area contributed by atoms with Gasteiger partial charge in [-0.3, -0.25) is 4.79 Å². The lowest BCUT2D eigenvalue weighted by Crippen LogP contribution is -2.38. The van der Waals surface area contributed by atoms with E-state index in [9.17, 15) is 13.2 Å². The summed E-state index contributed by atoms with van der Waals surface area (Å²) in [6.07, 6.45) is 0.117. The average molecular weight is 490 g/mol. The molecule has 2 aromatic rings. The standard InChI is InChI=1S/C19H15Cl3N2O3S2/c20-12-6-4-11(5-7-12)8-17(25)23-19-24(14-3-1-2-13(21)18(14)22)15-9-29(26,27)10-16(15)28-19/h1-7,15-16H,8-10H2/t15-,16+/m0/s1. The zero-order chi connectivity index (χ0) is 20.8. The fourth-order valence-electron chi connectivity index (χ4n) is 3.45. The molecular weight excluding hydrogens is 475 g/mol. The topological polar surface area (TPSA) is 66.8 Å². The lowest BCUT2D eigenvalue weighted by Gasteiger charge is -2.25. The predicted molar refractivity (Wildman–Crippen MR) is 120 cm³/mol. The first-order chi connectivity index (χ1) is 13.7. The third-order valence-electron chi connectivity index (χ3n) is 4.75. The fraction of sp³-hybridized carbons (Fsp3) is 0.263. The number of hydrogen-bond donors (Lipinski definition) is 0. The number of amidine groups is 1. The van der Waals surface area contributed by atoms with Crippen LogP contribution in [0.25, 0.3) is 0 Å². The van der Waals surface area contributed by atoms with Crippen molar-refractivity contribution in [3.63, 3.8) is 0 Å². The van der Waals surface area contributed by atoms with Crippen LogP contribution >= 0.6 is 46.6 Å². The number of thioether (sulfide) groups is 1. The van der Waals surface area contributed by atoms with Gasteiger partial charge in [0.15, 0.2) is 15.0 Å². The Morgan fingerprint density at radius 3 is 2.55 bits per heavy atom. The Balaban J connectivity index is 1.67. The summed E-state index contributed by atoms with van der Waals surface area (Å²) in [6.45, 7) is 0. The fourth-order valence-corrected chi connectivity index (χ4v) is 7.88.